The molecule has 1 amide bonds. The van der Waals surface area contributed by atoms with Crippen LogP contribution in [0.4, 0.5) is 5.69 Å². The molecule has 118 valence electrons. The van der Waals surface area contributed by atoms with Crippen molar-refractivity contribution in [3.8, 4) is 11.5 Å². The second-order valence-electron chi connectivity index (χ2n) is 5.07. The van der Waals surface area contributed by atoms with E-state index in [0.717, 1.165) is 6.42 Å². The Morgan fingerprint density at radius 3 is 2.48 bits per heavy atom. The van der Waals surface area contributed by atoms with Crippen LogP contribution in [-0.4, -0.2) is 33.2 Å². The van der Waals surface area contributed by atoms with E-state index in [2.05, 4.69) is 24.5 Å². The van der Waals surface area contributed by atoms with Crippen LogP contribution in [0.5, 0.6) is 11.5 Å². The Morgan fingerprint density at radius 1 is 1.24 bits per heavy atom. The largest absolute Gasteiger partial charge is 0.495 e. The predicted molar refractivity (Wildman–Crippen MR) is 85.5 cm³/mol. The lowest BCUT2D eigenvalue weighted by atomic mass is 10.1. The van der Waals surface area contributed by atoms with Gasteiger partial charge in [-0.1, -0.05) is 25.4 Å². The van der Waals surface area contributed by atoms with Crippen molar-refractivity contribution < 1.29 is 14.3 Å². The fourth-order valence-electron chi connectivity index (χ4n) is 1.74. The molecule has 21 heavy (non-hydrogen) atoms. The third-order valence-corrected chi connectivity index (χ3v) is 3.25. The van der Waals surface area contributed by atoms with Gasteiger partial charge in [-0.25, -0.2) is 0 Å². The maximum absolute atomic E-state index is 11.7. The molecular weight excluding hydrogens is 292 g/mol. The van der Waals surface area contributed by atoms with Gasteiger partial charge >= 0.3 is 0 Å². The van der Waals surface area contributed by atoms with Gasteiger partial charge in [0.05, 0.1) is 31.5 Å². The van der Waals surface area contributed by atoms with Gasteiger partial charge < -0.3 is 20.1 Å². The maximum atomic E-state index is 11.7. The van der Waals surface area contributed by atoms with E-state index in [1.807, 2.05) is 0 Å². The Bertz CT molecular complexity index is 478. The number of halogens is 1. The summed E-state index contributed by atoms with van der Waals surface area (Å²) in [6.07, 6.45) is 0.962. The molecule has 2 N–H and O–H groups in total. The van der Waals surface area contributed by atoms with Gasteiger partial charge in [-0.2, -0.15) is 0 Å². The van der Waals surface area contributed by atoms with E-state index in [1.54, 1.807) is 19.2 Å². The van der Waals surface area contributed by atoms with E-state index >= 15 is 0 Å². The molecule has 0 aliphatic carbocycles. The number of amides is 1. The van der Waals surface area contributed by atoms with Crippen LogP contribution in [0.2, 0.25) is 5.02 Å². The number of methoxy groups -OCH3 is 2. The van der Waals surface area contributed by atoms with Crippen molar-refractivity contribution >= 4 is 23.2 Å². The zero-order chi connectivity index (χ0) is 15.8. The Hall–Kier alpha value is -1.62. The number of nitrogens with one attached hydrogen (secondary N) is 2. The first-order valence-electron chi connectivity index (χ1n) is 6.90. The Balaban J connectivity index is 2.59. The van der Waals surface area contributed by atoms with E-state index in [1.165, 1.54) is 7.11 Å². The summed E-state index contributed by atoms with van der Waals surface area (Å²) in [5.74, 6) is 1.60. The minimum atomic E-state index is -0.0633. The summed E-state index contributed by atoms with van der Waals surface area (Å²) in [5.41, 5.74) is 0.665. The number of carbonyl (C=O) groups excluding carboxylic acids is 1. The maximum Gasteiger partial charge on any atom is 0.239 e. The molecule has 0 radical (unpaired) electrons. The Kier molecular flexibility index (Phi) is 7.15. The summed E-state index contributed by atoms with van der Waals surface area (Å²) in [5, 5.41) is 6.35. The van der Waals surface area contributed by atoms with Crippen molar-refractivity contribution in [1.82, 2.24) is 5.32 Å². The van der Waals surface area contributed by atoms with Gasteiger partial charge in [0.2, 0.25) is 5.91 Å². The average molecular weight is 315 g/mol. The van der Waals surface area contributed by atoms with Crippen molar-refractivity contribution in [3.05, 3.63) is 17.2 Å². The number of hydrogen-bond acceptors (Lipinski definition) is 4. The number of rotatable bonds is 8. The summed E-state index contributed by atoms with van der Waals surface area (Å²) in [6.45, 7) is 5.09. The second kappa shape index (κ2) is 8.62. The lowest BCUT2D eigenvalue weighted by Crippen LogP contribution is -2.31. The standard InChI is InChI=1S/C15H23ClN2O3/c1-10(2)5-6-17-15(19)9-18-12-8-13(20-3)11(16)7-14(12)21-4/h7-8,10,18H,5-6,9H2,1-4H3,(H,17,19). The number of carbonyl (C=O) groups is 1. The van der Waals surface area contributed by atoms with E-state index < -0.39 is 0 Å². The van der Waals surface area contributed by atoms with Gasteiger partial charge in [0.1, 0.15) is 11.5 Å². The third kappa shape index (κ3) is 5.71. The summed E-state index contributed by atoms with van der Waals surface area (Å²) in [7, 11) is 3.09. The minimum absolute atomic E-state index is 0.0633. The van der Waals surface area contributed by atoms with E-state index in [-0.39, 0.29) is 12.5 Å². The summed E-state index contributed by atoms with van der Waals surface area (Å²) >= 11 is 6.03. The molecule has 0 unspecified atom stereocenters. The molecule has 0 saturated carbocycles. The molecule has 0 bridgehead atoms. The number of hydrogen-bond donors (Lipinski definition) is 2. The van der Waals surface area contributed by atoms with Gasteiger partial charge in [-0.15, -0.1) is 0 Å². The van der Waals surface area contributed by atoms with Crippen molar-refractivity contribution in [2.45, 2.75) is 20.3 Å². The van der Waals surface area contributed by atoms with Crippen LogP contribution >= 0.6 is 11.6 Å². The number of benzene rings is 1. The average Bonchev–Trinajstić information content (AvgIpc) is 2.45. The predicted octanol–water partition coefficient (Wildman–Crippen LogP) is 2.93. The van der Waals surface area contributed by atoms with E-state index in [0.29, 0.717) is 34.7 Å². The molecule has 1 rings (SSSR count). The van der Waals surface area contributed by atoms with Crippen LogP contribution in [0, 0.1) is 5.92 Å². The van der Waals surface area contributed by atoms with Crippen molar-refractivity contribution in [2.75, 3.05) is 32.6 Å². The molecule has 6 heteroatoms. The third-order valence-electron chi connectivity index (χ3n) is 2.96. The van der Waals surface area contributed by atoms with Crippen LogP contribution < -0.4 is 20.1 Å². The monoisotopic (exact) mass is 314 g/mol. The highest BCUT2D eigenvalue weighted by Gasteiger charge is 2.11. The molecule has 1 aromatic rings. The van der Waals surface area contributed by atoms with Crippen LogP contribution in [0.3, 0.4) is 0 Å². The molecule has 0 aromatic heterocycles. The van der Waals surface area contributed by atoms with Crippen molar-refractivity contribution in [2.24, 2.45) is 5.92 Å². The summed E-state index contributed by atoms with van der Waals surface area (Å²) < 4.78 is 10.4. The second-order valence-corrected chi connectivity index (χ2v) is 5.48. The first-order valence-corrected chi connectivity index (χ1v) is 7.27. The normalized spacial score (nSPS) is 10.4. The van der Waals surface area contributed by atoms with Gasteiger partial charge in [0.15, 0.2) is 0 Å². The smallest absolute Gasteiger partial charge is 0.239 e. The Morgan fingerprint density at radius 2 is 1.90 bits per heavy atom. The highest BCUT2D eigenvalue weighted by molar-refractivity contribution is 6.32. The topological polar surface area (TPSA) is 59.6 Å². The van der Waals surface area contributed by atoms with Crippen LogP contribution in [0.1, 0.15) is 20.3 Å². The zero-order valence-corrected chi connectivity index (χ0v) is 13.7. The molecule has 0 aliphatic rings. The highest BCUT2D eigenvalue weighted by Crippen LogP contribution is 2.35. The summed E-state index contributed by atoms with van der Waals surface area (Å²) in [6, 6.07) is 3.36. The van der Waals surface area contributed by atoms with Gasteiger partial charge in [-0.3, -0.25) is 4.79 Å². The first kappa shape index (κ1) is 17.4. The molecule has 0 atom stereocenters. The Labute approximate surface area is 131 Å². The van der Waals surface area contributed by atoms with Gasteiger partial charge in [0.25, 0.3) is 0 Å². The van der Waals surface area contributed by atoms with Crippen molar-refractivity contribution in [3.63, 3.8) is 0 Å². The minimum Gasteiger partial charge on any atom is -0.495 e. The summed E-state index contributed by atoms with van der Waals surface area (Å²) in [4.78, 5) is 11.7. The number of anilines is 1. The lowest BCUT2D eigenvalue weighted by molar-refractivity contribution is -0.119. The van der Waals surface area contributed by atoms with Crippen LogP contribution in [-0.2, 0) is 4.79 Å². The fraction of sp³-hybridized carbons (Fsp3) is 0.533. The molecule has 0 heterocycles. The zero-order valence-electron chi connectivity index (χ0n) is 13.0. The van der Waals surface area contributed by atoms with Crippen LogP contribution in [0.15, 0.2) is 12.1 Å². The van der Waals surface area contributed by atoms with E-state index in [9.17, 15) is 4.79 Å². The fourth-order valence-corrected chi connectivity index (χ4v) is 1.97. The van der Waals surface area contributed by atoms with Crippen LogP contribution in [0.25, 0.3) is 0 Å². The quantitative estimate of drug-likeness (QED) is 0.774. The molecule has 1 aromatic carbocycles. The van der Waals surface area contributed by atoms with Crippen molar-refractivity contribution in [1.29, 1.82) is 0 Å². The SMILES string of the molecule is COc1cc(NCC(=O)NCCC(C)C)c(OC)cc1Cl. The molecule has 5 nitrogen and oxygen atoms in total. The highest BCUT2D eigenvalue weighted by atomic mass is 35.5. The van der Waals surface area contributed by atoms with Gasteiger partial charge in [-0.05, 0) is 12.3 Å². The molecular formula is C15H23ClN2O3. The lowest BCUT2D eigenvalue weighted by Gasteiger charge is -2.14. The molecule has 0 spiro atoms. The first-order chi connectivity index (χ1) is 9.97. The molecule has 0 fully saturated rings. The number of ether oxygens (including phenoxy) is 2. The van der Waals surface area contributed by atoms with E-state index in [4.69, 9.17) is 21.1 Å². The molecule has 0 saturated heterocycles. The molecule has 0 aliphatic heterocycles. The van der Waals surface area contributed by atoms with Gasteiger partial charge in [0, 0.05) is 18.7 Å².